The van der Waals surface area contributed by atoms with Crippen LogP contribution in [0.3, 0.4) is 0 Å². The van der Waals surface area contributed by atoms with Gasteiger partial charge in [-0.2, -0.15) is 9.97 Å². The van der Waals surface area contributed by atoms with Crippen LogP contribution in [-0.2, 0) is 13.0 Å². The van der Waals surface area contributed by atoms with E-state index in [1.807, 2.05) is 0 Å². The number of nitrogens with one attached hydrogen (secondary N) is 1. The molecular formula is C30H34BrN5O. The lowest BCUT2D eigenvalue weighted by Crippen LogP contribution is -2.35. The van der Waals surface area contributed by atoms with Gasteiger partial charge in [-0.25, -0.2) is 0 Å². The highest BCUT2D eigenvalue weighted by atomic mass is 79.9. The van der Waals surface area contributed by atoms with E-state index in [4.69, 9.17) is 14.7 Å². The molecule has 2 fully saturated rings. The number of piperidine rings is 1. The van der Waals surface area contributed by atoms with Crippen LogP contribution in [-0.4, -0.2) is 53.7 Å². The summed E-state index contributed by atoms with van der Waals surface area (Å²) in [4.78, 5) is 15.1. The first-order chi connectivity index (χ1) is 18.1. The van der Waals surface area contributed by atoms with Gasteiger partial charge in [0.2, 0.25) is 0 Å². The largest absolute Gasteiger partial charge is 0.462 e. The van der Waals surface area contributed by atoms with Crippen molar-refractivity contribution >= 4 is 32.4 Å². The highest BCUT2D eigenvalue weighted by Crippen LogP contribution is 2.41. The molecule has 3 atom stereocenters. The van der Waals surface area contributed by atoms with Crippen LogP contribution in [0.5, 0.6) is 6.01 Å². The van der Waals surface area contributed by atoms with Gasteiger partial charge < -0.3 is 19.9 Å². The van der Waals surface area contributed by atoms with Gasteiger partial charge in [-0.1, -0.05) is 46.3 Å². The van der Waals surface area contributed by atoms with E-state index < -0.39 is 0 Å². The molecule has 0 amide bonds. The second-order valence-electron chi connectivity index (χ2n) is 11.1. The van der Waals surface area contributed by atoms with Crippen LogP contribution in [0.15, 0.2) is 52.6 Å². The second-order valence-corrected chi connectivity index (χ2v) is 12.0. The number of anilines is 1. The van der Waals surface area contributed by atoms with Crippen molar-refractivity contribution in [1.29, 1.82) is 0 Å². The molecule has 2 bridgehead atoms. The molecule has 5 heterocycles. The molecule has 3 aromatic rings. The van der Waals surface area contributed by atoms with E-state index in [1.54, 1.807) is 0 Å². The van der Waals surface area contributed by atoms with Crippen molar-refractivity contribution in [1.82, 2.24) is 20.2 Å². The molecule has 7 rings (SSSR count). The molecule has 0 radical (unpaired) electrons. The molecule has 1 N–H and O–H groups in total. The number of likely N-dealkylation sites (N-methyl/N-ethyl adjacent to an activating group) is 1. The van der Waals surface area contributed by atoms with Crippen molar-refractivity contribution in [2.75, 3.05) is 31.6 Å². The average Bonchev–Trinajstić information content (AvgIpc) is 3.49. The van der Waals surface area contributed by atoms with Gasteiger partial charge >= 0.3 is 6.01 Å². The van der Waals surface area contributed by atoms with Crippen LogP contribution in [0.2, 0.25) is 0 Å². The number of hydrogen-bond acceptors (Lipinski definition) is 6. The number of likely N-dealkylation sites (tertiary alicyclic amines) is 1. The van der Waals surface area contributed by atoms with Crippen molar-refractivity contribution < 1.29 is 4.74 Å². The zero-order chi connectivity index (χ0) is 24.9. The first-order valence-corrected chi connectivity index (χ1v) is 14.5. The number of aromatic nitrogens is 2. The standard InChI is InChI=1S/C30H34BrN5O/c1-35-13-4-7-23(35)18-37-30-33-26-17-36(27-9-3-6-19-5-2-8-25(31)28(19)27)14-12-24(26)29(34-30)20-15-21-10-11-22(16-20)32-21/h2-3,5-6,8-10,20,22-23,32H,4,7,11-18H2,1H3/t20-,22+,23+/m1/s1. The maximum atomic E-state index is 6.34. The van der Waals surface area contributed by atoms with Gasteiger partial charge in [-0.15, -0.1) is 0 Å². The Morgan fingerprint density at radius 1 is 1.14 bits per heavy atom. The van der Waals surface area contributed by atoms with E-state index in [2.05, 4.69) is 80.6 Å². The molecule has 6 nitrogen and oxygen atoms in total. The molecule has 2 saturated heterocycles. The van der Waals surface area contributed by atoms with E-state index in [1.165, 1.54) is 46.3 Å². The van der Waals surface area contributed by atoms with Gasteiger partial charge in [-0.05, 0) is 75.2 Å². The van der Waals surface area contributed by atoms with Crippen LogP contribution >= 0.6 is 15.9 Å². The molecule has 2 aromatic carbocycles. The minimum atomic E-state index is 0.437. The monoisotopic (exact) mass is 559 g/mol. The third kappa shape index (κ3) is 4.40. The van der Waals surface area contributed by atoms with Crippen molar-refractivity contribution in [2.45, 2.75) is 63.1 Å². The van der Waals surface area contributed by atoms with Crippen LogP contribution < -0.4 is 15.0 Å². The second kappa shape index (κ2) is 9.59. The van der Waals surface area contributed by atoms with Crippen molar-refractivity contribution in [3.05, 3.63) is 69.6 Å². The molecule has 0 unspecified atom stereocenters. The van der Waals surface area contributed by atoms with Gasteiger partial charge in [0, 0.05) is 45.8 Å². The first-order valence-electron chi connectivity index (χ1n) is 13.7. The highest BCUT2D eigenvalue weighted by molar-refractivity contribution is 9.10. The topological polar surface area (TPSA) is 53.5 Å². The van der Waals surface area contributed by atoms with Gasteiger partial charge in [0.1, 0.15) is 6.61 Å². The Kier molecular flexibility index (Phi) is 6.08. The summed E-state index contributed by atoms with van der Waals surface area (Å²) >= 11 is 3.81. The summed E-state index contributed by atoms with van der Waals surface area (Å²) in [7, 11) is 2.19. The van der Waals surface area contributed by atoms with Crippen LogP contribution in [0.25, 0.3) is 10.8 Å². The van der Waals surface area contributed by atoms with Gasteiger partial charge in [-0.3, -0.25) is 0 Å². The van der Waals surface area contributed by atoms with E-state index in [0.29, 0.717) is 30.6 Å². The fourth-order valence-corrected chi connectivity index (χ4v) is 7.39. The summed E-state index contributed by atoms with van der Waals surface area (Å²) < 4.78 is 7.47. The smallest absolute Gasteiger partial charge is 0.316 e. The van der Waals surface area contributed by atoms with E-state index >= 15 is 0 Å². The Balaban J connectivity index is 1.24. The maximum Gasteiger partial charge on any atom is 0.316 e. The molecule has 0 saturated carbocycles. The molecule has 0 aliphatic carbocycles. The summed E-state index contributed by atoms with van der Waals surface area (Å²) in [6, 6.07) is 14.6. The van der Waals surface area contributed by atoms with Gasteiger partial charge in [0.25, 0.3) is 0 Å². The number of benzene rings is 2. The molecule has 7 heteroatoms. The van der Waals surface area contributed by atoms with Crippen molar-refractivity contribution in [2.24, 2.45) is 0 Å². The summed E-state index contributed by atoms with van der Waals surface area (Å²) in [6.45, 7) is 3.55. The molecule has 1 aromatic heterocycles. The maximum absolute atomic E-state index is 6.34. The number of hydrogen-bond donors (Lipinski definition) is 1. The first kappa shape index (κ1) is 23.5. The molecule has 192 valence electrons. The number of fused-ring (bicyclic) bond motifs is 4. The minimum absolute atomic E-state index is 0.437. The Bertz CT molecular complexity index is 1370. The number of allylic oxidation sites excluding steroid dienone is 1. The summed E-state index contributed by atoms with van der Waals surface area (Å²) in [5.41, 5.74) is 6.37. The number of rotatable bonds is 5. The van der Waals surface area contributed by atoms with Crippen LogP contribution in [0.1, 0.15) is 55.0 Å². The summed E-state index contributed by atoms with van der Waals surface area (Å²) in [5, 5.41) is 6.19. The zero-order valence-corrected chi connectivity index (χ0v) is 23.0. The Morgan fingerprint density at radius 2 is 2.03 bits per heavy atom. The lowest BCUT2D eigenvalue weighted by molar-refractivity contribution is 0.186. The predicted molar refractivity (Wildman–Crippen MR) is 151 cm³/mol. The van der Waals surface area contributed by atoms with Crippen LogP contribution in [0.4, 0.5) is 5.69 Å². The lowest BCUT2D eigenvalue weighted by Gasteiger charge is -2.34. The molecule has 4 aliphatic rings. The predicted octanol–water partition coefficient (Wildman–Crippen LogP) is 5.55. The third-order valence-electron chi connectivity index (χ3n) is 8.79. The molecule has 4 aliphatic heterocycles. The zero-order valence-electron chi connectivity index (χ0n) is 21.4. The van der Waals surface area contributed by atoms with Gasteiger partial charge in [0.15, 0.2) is 0 Å². The van der Waals surface area contributed by atoms with E-state index in [-0.39, 0.29) is 0 Å². The normalized spacial score (nSPS) is 25.2. The fourth-order valence-electron chi connectivity index (χ4n) is 6.81. The van der Waals surface area contributed by atoms with E-state index in [0.717, 1.165) is 55.5 Å². The highest BCUT2D eigenvalue weighted by Gasteiger charge is 2.34. The molecule has 0 spiro atoms. The Labute approximate surface area is 227 Å². The third-order valence-corrected chi connectivity index (χ3v) is 9.45. The summed E-state index contributed by atoms with van der Waals surface area (Å²) in [6.07, 6.45) is 9.08. The Morgan fingerprint density at radius 3 is 2.86 bits per heavy atom. The molecule has 37 heavy (non-hydrogen) atoms. The van der Waals surface area contributed by atoms with Gasteiger partial charge in [0.05, 0.1) is 17.9 Å². The molecular weight excluding hydrogens is 526 g/mol. The SMILES string of the molecule is CN1CCC[C@H]1COc1nc2c(c([C@@H]3CC4=CC[C@@H](C3)N4)n1)CCN(c1cccc3cccc(Br)c13)C2. The number of halogens is 1. The lowest BCUT2D eigenvalue weighted by atomic mass is 9.86. The minimum Gasteiger partial charge on any atom is -0.462 e. The van der Waals surface area contributed by atoms with Crippen molar-refractivity contribution in [3.8, 4) is 6.01 Å². The quantitative estimate of drug-likeness (QED) is 0.442. The Hall–Kier alpha value is -2.64. The summed E-state index contributed by atoms with van der Waals surface area (Å²) in [5.74, 6) is 0.437. The number of ether oxygens (including phenoxy) is 1. The average molecular weight is 561 g/mol. The number of nitrogens with zero attached hydrogens (tertiary/aromatic N) is 4. The van der Waals surface area contributed by atoms with E-state index in [9.17, 15) is 0 Å². The van der Waals surface area contributed by atoms with Crippen LogP contribution in [0, 0.1) is 0 Å². The van der Waals surface area contributed by atoms with Crippen molar-refractivity contribution in [3.63, 3.8) is 0 Å². The fraction of sp³-hybridized carbons (Fsp3) is 0.467.